The molecule has 3 nitrogen and oxygen atoms in total. The lowest BCUT2D eigenvalue weighted by Crippen LogP contribution is -2.44. The van der Waals surface area contributed by atoms with E-state index in [9.17, 15) is 5.11 Å². The van der Waals surface area contributed by atoms with Crippen molar-refractivity contribution in [2.24, 2.45) is 5.92 Å². The normalized spacial score (nSPS) is 20.2. The third-order valence-electron chi connectivity index (χ3n) is 4.14. The molecule has 0 aromatic carbocycles. The Morgan fingerprint density at radius 1 is 1.00 bits per heavy atom. The number of unbranched alkanes of at least 4 members (excludes halogenated alkanes) is 2. The highest BCUT2D eigenvalue weighted by molar-refractivity contribution is 4.69. The molecule has 1 rings (SSSR count). The Bertz CT molecular complexity index is 191. The summed E-state index contributed by atoms with van der Waals surface area (Å²) in [5.74, 6) is 0.554. The van der Waals surface area contributed by atoms with Gasteiger partial charge in [-0.1, -0.05) is 26.2 Å². The Morgan fingerprint density at radius 2 is 1.72 bits per heavy atom. The maximum Gasteiger partial charge on any atom is 0.0459 e. The van der Waals surface area contributed by atoms with E-state index in [1.54, 1.807) is 0 Å². The van der Waals surface area contributed by atoms with Gasteiger partial charge in [-0.05, 0) is 38.8 Å². The van der Waals surface area contributed by atoms with Gasteiger partial charge in [-0.2, -0.15) is 0 Å². The highest BCUT2D eigenvalue weighted by Gasteiger charge is 2.12. The van der Waals surface area contributed by atoms with Crippen LogP contribution in [0.15, 0.2) is 0 Å². The van der Waals surface area contributed by atoms with Crippen LogP contribution >= 0.6 is 0 Å². The van der Waals surface area contributed by atoms with Crippen molar-refractivity contribution in [1.29, 1.82) is 0 Å². The lowest BCUT2D eigenvalue weighted by molar-refractivity contribution is 0.151. The van der Waals surface area contributed by atoms with Gasteiger partial charge in [0.2, 0.25) is 0 Å². The van der Waals surface area contributed by atoms with Crippen molar-refractivity contribution < 1.29 is 5.11 Å². The summed E-state index contributed by atoms with van der Waals surface area (Å²) in [6.07, 6.45) is 7.55. The summed E-state index contributed by atoms with van der Waals surface area (Å²) in [7, 11) is 2.21. The highest BCUT2D eigenvalue weighted by Crippen LogP contribution is 2.15. The van der Waals surface area contributed by atoms with Gasteiger partial charge in [0.1, 0.15) is 0 Å². The molecule has 0 saturated carbocycles. The van der Waals surface area contributed by atoms with Crippen LogP contribution in [0.2, 0.25) is 0 Å². The first-order chi connectivity index (χ1) is 8.76. The minimum absolute atomic E-state index is 0.381. The van der Waals surface area contributed by atoms with Crippen molar-refractivity contribution in [3.05, 3.63) is 0 Å². The van der Waals surface area contributed by atoms with Crippen molar-refractivity contribution in [1.82, 2.24) is 9.80 Å². The summed E-state index contributed by atoms with van der Waals surface area (Å²) < 4.78 is 0. The fourth-order valence-corrected chi connectivity index (χ4v) is 2.75. The van der Waals surface area contributed by atoms with Gasteiger partial charge in [-0.15, -0.1) is 0 Å². The smallest absolute Gasteiger partial charge is 0.0459 e. The quantitative estimate of drug-likeness (QED) is 0.641. The van der Waals surface area contributed by atoms with Crippen LogP contribution in [0.1, 0.15) is 45.4 Å². The Hall–Kier alpha value is -0.120. The maximum absolute atomic E-state index is 9.23. The fraction of sp³-hybridized carbons (Fsp3) is 1.00. The van der Waals surface area contributed by atoms with Gasteiger partial charge < -0.3 is 14.9 Å². The zero-order valence-electron chi connectivity index (χ0n) is 12.4. The Labute approximate surface area is 113 Å². The average Bonchev–Trinajstić information content (AvgIpc) is 2.39. The van der Waals surface area contributed by atoms with Crippen molar-refractivity contribution in [2.75, 3.05) is 46.4 Å². The van der Waals surface area contributed by atoms with E-state index in [4.69, 9.17) is 0 Å². The van der Waals surface area contributed by atoms with Gasteiger partial charge in [-0.25, -0.2) is 0 Å². The van der Waals surface area contributed by atoms with E-state index >= 15 is 0 Å². The number of rotatable bonds is 9. The third-order valence-corrected chi connectivity index (χ3v) is 4.14. The standard InChI is InChI=1S/C15H32N2O/c1-3-7-15(14-18)8-5-4-6-9-17-12-10-16(2)11-13-17/h15,18H,3-14H2,1-2H3/t15-/m1/s1. The van der Waals surface area contributed by atoms with Crippen LogP contribution in [0.3, 0.4) is 0 Å². The van der Waals surface area contributed by atoms with Crippen LogP contribution in [0, 0.1) is 5.92 Å². The molecule has 0 bridgehead atoms. The summed E-state index contributed by atoms with van der Waals surface area (Å²) in [6, 6.07) is 0. The van der Waals surface area contributed by atoms with Crippen LogP contribution in [0.25, 0.3) is 0 Å². The Balaban J connectivity index is 1.94. The van der Waals surface area contributed by atoms with Gasteiger partial charge in [0.25, 0.3) is 0 Å². The predicted octanol–water partition coefficient (Wildman–Crippen LogP) is 2.20. The molecule has 0 unspecified atom stereocenters. The topological polar surface area (TPSA) is 26.7 Å². The van der Waals surface area contributed by atoms with E-state index in [0.717, 1.165) is 0 Å². The molecule has 1 fully saturated rings. The van der Waals surface area contributed by atoms with Gasteiger partial charge in [0, 0.05) is 32.8 Å². The Morgan fingerprint density at radius 3 is 2.33 bits per heavy atom. The van der Waals surface area contributed by atoms with E-state index in [0.29, 0.717) is 12.5 Å². The highest BCUT2D eigenvalue weighted by atomic mass is 16.3. The molecule has 0 amide bonds. The number of aliphatic hydroxyl groups is 1. The molecule has 1 aliphatic rings. The van der Waals surface area contributed by atoms with Crippen LogP contribution in [-0.4, -0.2) is 61.3 Å². The zero-order valence-corrected chi connectivity index (χ0v) is 12.4. The zero-order chi connectivity index (χ0) is 13.2. The lowest BCUT2D eigenvalue weighted by Gasteiger charge is -2.32. The molecule has 108 valence electrons. The summed E-state index contributed by atoms with van der Waals surface area (Å²) in [5.41, 5.74) is 0. The number of hydrogen-bond donors (Lipinski definition) is 1. The second-order valence-electron chi connectivity index (χ2n) is 5.83. The molecule has 0 aliphatic carbocycles. The molecule has 1 aliphatic heterocycles. The molecule has 0 spiro atoms. The van der Waals surface area contributed by atoms with Crippen LogP contribution in [0.5, 0.6) is 0 Å². The minimum atomic E-state index is 0.381. The maximum atomic E-state index is 9.23. The third kappa shape index (κ3) is 6.72. The molecule has 0 aromatic heterocycles. The second-order valence-corrected chi connectivity index (χ2v) is 5.83. The number of piperazine rings is 1. The fourth-order valence-electron chi connectivity index (χ4n) is 2.75. The number of likely N-dealkylation sites (N-methyl/N-ethyl adjacent to an activating group) is 1. The summed E-state index contributed by atoms with van der Waals surface area (Å²) >= 11 is 0. The number of nitrogens with zero attached hydrogens (tertiary/aromatic N) is 2. The monoisotopic (exact) mass is 256 g/mol. The summed E-state index contributed by atoms with van der Waals surface area (Å²) in [4.78, 5) is 5.00. The molecule has 3 heteroatoms. The van der Waals surface area contributed by atoms with E-state index in [-0.39, 0.29) is 0 Å². The average molecular weight is 256 g/mol. The molecule has 0 aromatic rings. The molecule has 18 heavy (non-hydrogen) atoms. The first-order valence-electron chi connectivity index (χ1n) is 7.78. The molecule has 1 saturated heterocycles. The molecular weight excluding hydrogens is 224 g/mol. The van der Waals surface area contributed by atoms with Crippen LogP contribution in [-0.2, 0) is 0 Å². The van der Waals surface area contributed by atoms with Gasteiger partial charge in [0.15, 0.2) is 0 Å². The first kappa shape index (κ1) is 15.9. The van der Waals surface area contributed by atoms with Crippen molar-refractivity contribution in [3.63, 3.8) is 0 Å². The largest absolute Gasteiger partial charge is 0.396 e. The van der Waals surface area contributed by atoms with E-state index < -0.39 is 0 Å². The van der Waals surface area contributed by atoms with Crippen LogP contribution < -0.4 is 0 Å². The van der Waals surface area contributed by atoms with Gasteiger partial charge in [0.05, 0.1) is 0 Å². The Kier molecular flexibility index (Phi) is 8.64. The van der Waals surface area contributed by atoms with Gasteiger partial charge >= 0.3 is 0 Å². The number of aliphatic hydroxyl groups excluding tert-OH is 1. The van der Waals surface area contributed by atoms with E-state index in [1.807, 2.05) is 0 Å². The SMILES string of the molecule is CCC[C@@H](CO)CCCCCN1CCN(C)CC1. The molecular formula is C15H32N2O. The van der Waals surface area contributed by atoms with Crippen LogP contribution in [0.4, 0.5) is 0 Å². The summed E-state index contributed by atoms with van der Waals surface area (Å²) in [6.45, 7) is 8.79. The predicted molar refractivity (Wildman–Crippen MR) is 77.9 cm³/mol. The molecule has 1 N–H and O–H groups in total. The molecule has 1 atom stereocenters. The number of hydrogen-bond acceptors (Lipinski definition) is 3. The van der Waals surface area contributed by atoms with Crippen molar-refractivity contribution >= 4 is 0 Å². The van der Waals surface area contributed by atoms with Crippen molar-refractivity contribution in [2.45, 2.75) is 45.4 Å². The van der Waals surface area contributed by atoms with E-state index in [1.165, 1.54) is 71.2 Å². The lowest BCUT2D eigenvalue weighted by atomic mass is 9.97. The van der Waals surface area contributed by atoms with Gasteiger partial charge in [-0.3, -0.25) is 0 Å². The first-order valence-corrected chi connectivity index (χ1v) is 7.78. The van der Waals surface area contributed by atoms with E-state index in [2.05, 4.69) is 23.8 Å². The minimum Gasteiger partial charge on any atom is -0.396 e. The summed E-state index contributed by atoms with van der Waals surface area (Å²) in [5, 5.41) is 9.23. The van der Waals surface area contributed by atoms with Crippen molar-refractivity contribution in [3.8, 4) is 0 Å². The second kappa shape index (κ2) is 9.76. The molecule has 1 heterocycles. The molecule has 0 radical (unpaired) electrons.